The molecule has 3 atom stereocenters. The number of ketones is 1. The lowest BCUT2D eigenvalue weighted by molar-refractivity contribution is -0.123. The van der Waals surface area contributed by atoms with Crippen molar-refractivity contribution in [3.8, 4) is 5.75 Å². The molecule has 0 fully saturated rings. The van der Waals surface area contributed by atoms with Crippen LogP contribution in [-0.2, 0) is 16.0 Å². The highest BCUT2D eigenvalue weighted by atomic mass is 16.3. The number of hydrogen-bond acceptors (Lipinski definition) is 7. The van der Waals surface area contributed by atoms with Crippen molar-refractivity contribution in [1.82, 2.24) is 0 Å². The fourth-order valence-corrected chi connectivity index (χ4v) is 4.43. The van der Waals surface area contributed by atoms with Gasteiger partial charge in [0.05, 0.1) is 11.6 Å². The molecule has 8 heteroatoms. The van der Waals surface area contributed by atoms with Crippen molar-refractivity contribution in [1.29, 1.82) is 0 Å². The van der Waals surface area contributed by atoms with Crippen molar-refractivity contribution in [2.24, 2.45) is 23.3 Å². The van der Waals surface area contributed by atoms with E-state index < -0.39 is 40.7 Å². The van der Waals surface area contributed by atoms with Gasteiger partial charge in [-0.15, -0.1) is 0 Å². The van der Waals surface area contributed by atoms with E-state index in [0.717, 1.165) is 0 Å². The van der Waals surface area contributed by atoms with Gasteiger partial charge < -0.3 is 31.9 Å². The van der Waals surface area contributed by atoms with Gasteiger partial charge >= 0.3 is 0 Å². The Morgan fingerprint density at radius 3 is 2.41 bits per heavy atom. The van der Waals surface area contributed by atoms with Crippen molar-refractivity contribution in [2.45, 2.75) is 18.9 Å². The van der Waals surface area contributed by atoms with E-state index in [0.29, 0.717) is 12.0 Å². The smallest absolute Gasteiger partial charge is 0.256 e. The Balaban J connectivity index is 2.00. The van der Waals surface area contributed by atoms with Crippen LogP contribution in [0.25, 0.3) is 5.76 Å². The number of nitrogens with two attached hydrogens (primary N) is 2. The first-order valence-corrected chi connectivity index (χ1v) is 8.45. The van der Waals surface area contributed by atoms with Crippen LogP contribution in [0.4, 0.5) is 0 Å². The maximum absolute atomic E-state index is 12.4. The molecule has 1 aromatic rings. The third-order valence-corrected chi connectivity index (χ3v) is 5.64. The van der Waals surface area contributed by atoms with Crippen LogP contribution in [0.3, 0.4) is 0 Å². The van der Waals surface area contributed by atoms with Crippen molar-refractivity contribution in [3.63, 3.8) is 0 Å². The number of carbonyl (C=O) groups excluding carboxylic acids is 2. The number of rotatable bonds is 1. The van der Waals surface area contributed by atoms with E-state index in [-0.39, 0.29) is 40.6 Å². The van der Waals surface area contributed by atoms with Gasteiger partial charge in [-0.05, 0) is 30.4 Å². The van der Waals surface area contributed by atoms with Crippen LogP contribution in [-0.4, -0.2) is 38.2 Å². The largest absolute Gasteiger partial charge is 0.507 e. The lowest BCUT2D eigenvalue weighted by atomic mass is 9.65. The maximum Gasteiger partial charge on any atom is 0.256 e. The van der Waals surface area contributed by atoms with E-state index in [1.165, 1.54) is 6.07 Å². The average molecular weight is 370 g/mol. The topological polar surface area (TPSA) is 167 Å². The van der Waals surface area contributed by atoms with Gasteiger partial charge in [-0.1, -0.05) is 12.1 Å². The molecule has 0 unspecified atom stereocenters. The van der Waals surface area contributed by atoms with Crippen LogP contribution >= 0.6 is 0 Å². The summed E-state index contributed by atoms with van der Waals surface area (Å²) in [6.45, 7) is 0. The van der Waals surface area contributed by atoms with E-state index in [1.807, 2.05) is 0 Å². The van der Waals surface area contributed by atoms with Crippen LogP contribution in [0, 0.1) is 11.8 Å². The van der Waals surface area contributed by atoms with Crippen molar-refractivity contribution in [2.75, 3.05) is 0 Å². The molecule has 140 valence electrons. The lowest BCUT2D eigenvalue weighted by Crippen LogP contribution is -2.49. The van der Waals surface area contributed by atoms with Gasteiger partial charge in [-0.25, -0.2) is 0 Å². The Labute approximate surface area is 153 Å². The first-order chi connectivity index (χ1) is 12.7. The number of primary amides is 1. The highest BCUT2D eigenvalue weighted by Gasteiger charge is 2.48. The summed E-state index contributed by atoms with van der Waals surface area (Å²) in [6.07, 6.45) is 0.682. The van der Waals surface area contributed by atoms with Gasteiger partial charge in [0.15, 0.2) is 5.78 Å². The average Bonchev–Trinajstić information content (AvgIpc) is 2.59. The molecule has 0 aliphatic heterocycles. The van der Waals surface area contributed by atoms with Crippen LogP contribution in [0.15, 0.2) is 46.4 Å². The summed E-state index contributed by atoms with van der Waals surface area (Å²) in [4.78, 5) is 24.0. The number of fused-ring (bicyclic) bond motifs is 3. The van der Waals surface area contributed by atoms with Crippen LogP contribution in [0.1, 0.15) is 17.5 Å². The third kappa shape index (κ3) is 2.20. The Kier molecular flexibility index (Phi) is 3.57. The lowest BCUT2D eigenvalue weighted by Gasteiger charge is -2.40. The Morgan fingerprint density at radius 2 is 1.74 bits per heavy atom. The second-order valence-corrected chi connectivity index (χ2v) is 7.06. The summed E-state index contributed by atoms with van der Waals surface area (Å²) in [6, 6.07) is 3.69. The quantitative estimate of drug-likeness (QED) is 0.399. The second kappa shape index (κ2) is 5.62. The first kappa shape index (κ1) is 17.2. The summed E-state index contributed by atoms with van der Waals surface area (Å²) in [5.74, 6) is -4.59. The third-order valence-electron chi connectivity index (χ3n) is 5.64. The normalized spacial score (nSPS) is 27.3. The Bertz CT molecular complexity index is 1000. The molecule has 0 aromatic heterocycles. The summed E-state index contributed by atoms with van der Waals surface area (Å²) >= 11 is 0. The Morgan fingerprint density at radius 1 is 1.04 bits per heavy atom. The molecular weight excluding hydrogens is 352 g/mol. The molecule has 8 nitrogen and oxygen atoms in total. The number of aliphatic hydroxyl groups excluding tert-OH is 3. The molecule has 0 bridgehead atoms. The molecule has 27 heavy (non-hydrogen) atoms. The van der Waals surface area contributed by atoms with E-state index in [2.05, 4.69) is 0 Å². The monoisotopic (exact) mass is 370 g/mol. The molecule has 3 aliphatic rings. The molecule has 0 radical (unpaired) electrons. The molecule has 4 rings (SSSR count). The SMILES string of the molecule is NC(=O)C1=C(O)C2=C(O)C3=C(O)c4c(O)cccc4C[C@H]3C[C@H]2[C@@H](N)C1=O. The molecule has 0 heterocycles. The van der Waals surface area contributed by atoms with Gasteiger partial charge in [-0.2, -0.15) is 0 Å². The zero-order valence-corrected chi connectivity index (χ0v) is 14.1. The van der Waals surface area contributed by atoms with Gasteiger partial charge in [0, 0.05) is 17.1 Å². The summed E-state index contributed by atoms with van der Waals surface area (Å²) in [7, 11) is 0. The number of phenols is 1. The molecule has 8 N–H and O–H groups in total. The summed E-state index contributed by atoms with van der Waals surface area (Å²) in [5.41, 5.74) is 11.5. The molecule has 0 spiro atoms. The van der Waals surface area contributed by atoms with Gasteiger partial charge in [-0.3, -0.25) is 9.59 Å². The first-order valence-electron chi connectivity index (χ1n) is 8.45. The van der Waals surface area contributed by atoms with Gasteiger partial charge in [0.25, 0.3) is 5.91 Å². The van der Waals surface area contributed by atoms with E-state index in [9.17, 15) is 30.0 Å². The second-order valence-electron chi connectivity index (χ2n) is 7.06. The number of carbonyl (C=O) groups is 2. The number of amides is 1. The number of hydrogen-bond donors (Lipinski definition) is 6. The van der Waals surface area contributed by atoms with E-state index >= 15 is 0 Å². The zero-order chi connectivity index (χ0) is 19.6. The van der Waals surface area contributed by atoms with Crippen molar-refractivity contribution >= 4 is 17.4 Å². The minimum atomic E-state index is -1.14. The van der Waals surface area contributed by atoms with Crippen molar-refractivity contribution in [3.05, 3.63) is 57.6 Å². The van der Waals surface area contributed by atoms with E-state index in [4.69, 9.17) is 11.5 Å². The molecule has 0 saturated carbocycles. The molecule has 3 aliphatic carbocycles. The van der Waals surface area contributed by atoms with Gasteiger partial charge in [0.1, 0.15) is 28.6 Å². The zero-order valence-electron chi connectivity index (χ0n) is 14.1. The van der Waals surface area contributed by atoms with E-state index in [1.54, 1.807) is 12.1 Å². The van der Waals surface area contributed by atoms with Crippen LogP contribution in [0.5, 0.6) is 5.75 Å². The number of phenolic OH excluding ortho intramolecular Hbond substituents is 1. The number of allylic oxidation sites excluding steroid dienone is 2. The molecule has 1 aromatic carbocycles. The number of benzene rings is 1. The summed E-state index contributed by atoms with van der Waals surface area (Å²) < 4.78 is 0. The summed E-state index contributed by atoms with van der Waals surface area (Å²) in [5, 5.41) is 42.1. The fraction of sp³-hybridized carbons (Fsp3) is 0.263. The molecule has 0 saturated heterocycles. The maximum atomic E-state index is 12.4. The van der Waals surface area contributed by atoms with Crippen LogP contribution < -0.4 is 11.5 Å². The number of Topliss-reactive ketones (excluding diaryl/α,β-unsaturated/α-hetero) is 1. The number of aliphatic hydroxyl groups is 3. The fourth-order valence-electron chi connectivity index (χ4n) is 4.43. The highest BCUT2D eigenvalue weighted by Crippen LogP contribution is 2.50. The molecule has 1 amide bonds. The molecular formula is C19H18N2O6. The Hall–Kier alpha value is -3.26. The van der Waals surface area contributed by atoms with Gasteiger partial charge in [0.2, 0.25) is 0 Å². The minimum absolute atomic E-state index is 0.0763. The predicted octanol–water partition coefficient (Wildman–Crippen LogP) is 0.873. The predicted molar refractivity (Wildman–Crippen MR) is 94.4 cm³/mol. The van der Waals surface area contributed by atoms with Crippen LogP contribution in [0.2, 0.25) is 0 Å². The highest BCUT2D eigenvalue weighted by molar-refractivity contribution is 6.22. The minimum Gasteiger partial charge on any atom is -0.507 e. The number of aromatic hydroxyl groups is 1. The standard InChI is InChI=1S/C19H18N2O6/c20-14-8-5-7-4-6-2-1-3-9(22)10(6)15(23)11(7)16(24)12(8)17(25)13(18(14)26)19(21)27/h1-3,7-8,14,22-25H,4-5,20H2,(H2,21,27)/t7-,8+,14+/m0/s1. The van der Waals surface area contributed by atoms with Crippen molar-refractivity contribution < 1.29 is 30.0 Å².